The van der Waals surface area contributed by atoms with Crippen molar-refractivity contribution < 1.29 is 4.74 Å². The number of guanidine groups is 1. The quantitative estimate of drug-likeness (QED) is 0.487. The zero-order chi connectivity index (χ0) is 16.8. The van der Waals surface area contributed by atoms with E-state index in [1.165, 1.54) is 22.9 Å². The maximum atomic E-state index is 5.27. The van der Waals surface area contributed by atoms with Crippen LogP contribution in [0.5, 0.6) is 0 Å². The summed E-state index contributed by atoms with van der Waals surface area (Å²) in [5, 5.41) is 4.85. The SMILES string of the molecule is CN=C(NCCCc1c[nH]c2ccccc12)N1CCC(COC)C1. The van der Waals surface area contributed by atoms with Gasteiger partial charge in [-0.15, -0.1) is 0 Å². The van der Waals surface area contributed by atoms with E-state index in [2.05, 4.69) is 50.7 Å². The van der Waals surface area contributed by atoms with E-state index in [0.717, 1.165) is 45.0 Å². The summed E-state index contributed by atoms with van der Waals surface area (Å²) in [5.74, 6) is 1.65. The maximum absolute atomic E-state index is 5.27. The lowest BCUT2D eigenvalue weighted by molar-refractivity contribution is 0.157. The van der Waals surface area contributed by atoms with E-state index in [9.17, 15) is 0 Å². The third-order valence-corrected chi connectivity index (χ3v) is 4.78. The molecular weight excluding hydrogens is 300 g/mol. The van der Waals surface area contributed by atoms with Gasteiger partial charge in [0.1, 0.15) is 0 Å². The molecule has 1 fully saturated rings. The largest absolute Gasteiger partial charge is 0.384 e. The van der Waals surface area contributed by atoms with Crippen LogP contribution in [0.4, 0.5) is 0 Å². The van der Waals surface area contributed by atoms with Crippen LogP contribution in [0, 0.1) is 5.92 Å². The van der Waals surface area contributed by atoms with E-state index in [1.807, 2.05) is 7.05 Å². The van der Waals surface area contributed by atoms with Crippen LogP contribution in [0.25, 0.3) is 10.9 Å². The number of aryl methyl sites for hydroxylation is 1. The van der Waals surface area contributed by atoms with Crippen molar-refractivity contribution in [2.24, 2.45) is 10.9 Å². The van der Waals surface area contributed by atoms with Gasteiger partial charge in [-0.05, 0) is 30.9 Å². The van der Waals surface area contributed by atoms with Crippen molar-refractivity contribution in [3.8, 4) is 0 Å². The van der Waals surface area contributed by atoms with Crippen LogP contribution in [0.3, 0.4) is 0 Å². The summed E-state index contributed by atoms with van der Waals surface area (Å²) in [6.45, 7) is 3.89. The van der Waals surface area contributed by atoms with Gasteiger partial charge in [-0.2, -0.15) is 0 Å². The van der Waals surface area contributed by atoms with Gasteiger partial charge in [-0.3, -0.25) is 4.99 Å². The van der Waals surface area contributed by atoms with E-state index in [0.29, 0.717) is 5.92 Å². The van der Waals surface area contributed by atoms with Gasteiger partial charge in [-0.25, -0.2) is 0 Å². The molecule has 1 unspecified atom stereocenters. The Bertz CT molecular complexity index is 679. The highest BCUT2D eigenvalue weighted by atomic mass is 16.5. The van der Waals surface area contributed by atoms with Gasteiger partial charge >= 0.3 is 0 Å². The molecule has 24 heavy (non-hydrogen) atoms. The van der Waals surface area contributed by atoms with Gasteiger partial charge < -0.3 is 19.9 Å². The molecule has 1 aliphatic heterocycles. The van der Waals surface area contributed by atoms with Crippen molar-refractivity contribution >= 4 is 16.9 Å². The Labute approximate surface area is 144 Å². The minimum Gasteiger partial charge on any atom is -0.384 e. The molecule has 130 valence electrons. The summed E-state index contributed by atoms with van der Waals surface area (Å²) in [5.41, 5.74) is 2.61. The zero-order valence-corrected chi connectivity index (χ0v) is 14.7. The van der Waals surface area contributed by atoms with Crippen LogP contribution in [-0.2, 0) is 11.2 Å². The topological polar surface area (TPSA) is 52.7 Å². The number of para-hydroxylation sites is 1. The molecule has 1 aromatic heterocycles. The number of likely N-dealkylation sites (tertiary alicyclic amines) is 1. The maximum Gasteiger partial charge on any atom is 0.193 e. The Morgan fingerprint density at radius 2 is 2.29 bits per heavy atom. The minimum absolute atomic E-state index is 0.625. The molecule has 5 nitrogen and oxygen atoms in total. The highest BCUT2D eigenvalue weighted by molar-refractivity contribution is 5.83. The van der Waals surface area contributed by atoms with Gasteiger partial charge in [-0.1, -0.05) is 18.2 Å². The van der Waals surface area contributed by atoms with Gasteiger partial charge in [0.2, 0.25) is 0 Å². The Morgan fingerprint density at radius 3 is 3.12 bits per heavy atom. The lowest BCUT2D eigenvalue weighted by Crippen LogP contribution is -2.40. The molecule has 3 rings (SSSR count). The fourth-order valence-corrected chi connectivity index (χ4v) is 3.55. The lowest BCUT2D eigenvalue weighted by atomic mass is 10.1. The van der Waals surface area contributed by atoms with Gasteiger partial charge in [0.05, 0.1) is 6.61 Å². The van der Waals surface area contributed by atoms with Gasteiger partial charge in [0, 0.05) is 56.8 Å². The highest BCUT2D eigenvalue weighted by Gasteiger charge is 2.24. The summed E-state index contributed by atoms with van der Waals surface area (Å²) >= 11 is 0. The second-order valence-corrected chi connectivity index (χ2v) is 6.49. The number of benzene rings is 1. The molecule has 0 bridgehead atoms. The standard InChI is InChI=1S/C19H28N4O/c1-20-19(23-11-9-15(13-23)14-24-2)21-10-5-6-16-12-22-18-8-4-3-7-17(16)18/h3-4,7-8,12,15,22H,5-6,9-11,13-14H2,1-2H3,(H,20,21). The normalized spacial score (nSPS) is 18.5. The number of aromatic amines is 1. The number of ether oxygens (including phenoxy) is 1. The number of hydrogen-bond donors (Lipinski definition) is 2. The molecule has 2 N–H and O–H groups in total. The number of hydrogen-bond acceptors (Lipinski definition) is 2. The average Bonchev–Trinajstić information content (AvgIpc) is 3.23. The molecule has 1 atom stereocenters. The van der Waals surface area contributed by atoms with Crippen molar-refractivity contribution in [2.75, 3.05) is 40.4 Å². The third kappa shape index (κ3) is 3.90. The number of nitrogens with one attached hydrogen (secondary N) is 2. The van der Waals surface area contributed by atoms with Crippen LogP contribution < -0.4 is 5.32 Å². The number of aliphatic imine (C=N–C) groups is 1. The second kappa shape index (κ2) is 8.20. The van der Waals surface area contributed by atoms with E-state index in [-0.39, 0.29) is 0 Å². The highest BCUT2D eigenvalue weighted by Crippen LogP contribution is 2.19. The fourth-order valence-electron chi connectivity index (χ4n) is 3.55. The van der Waals surface area contributed by atoms with E-state index in [1.54, 1.807) is 7.11 Å². The Balaban J connectivity index is 1.45. The van der Waals surface area contributed by atoms with Crippen molar-refractivity contribution in [3.63, 3.8) is 0 Å². The molecule has 1 saturated heterocycles. The Hall–Kier alpha value is -2.01. The molecule has 1 aliphatic rings. The summed E-state index contributed by atoms with van der Waals surface area (Å²) in [4.78, 5) is 10.1. The molecule has 0 amide bonds. The van der Waals surface area contributed by atoms with E-state index >= 15 is 0 Å². The number of H-pyrrole nitrogens is 1. The van der Waals surface area contributed by atoms with Crippen LogP contribution in [0.1, 0.15) is 18.4 Å². The van der Waals surface area contributed by atoms with Crippen LogP contribution in [0.15, 0.2) is 35.5 Å². The summed E-state index contributed by atoms with van der Waals surface area (Å²) in [6.07, 6.45) is 5.48. The smallest absolute Gasteiger partial charge is 0.193 e. The van der Waals surface area contributed by atoms with E-state index < -0.39 is 0 Å². The number of rotatable bonds is 6. The van der Waals surface area contributed by atoms with Crippen molar-refractivity contribution in [1.29, 1.82) is 0 Å². The molecule has 0 spiro atoms. The monoisotopic (exact) mass is 328 g/mol. The zero-order valence-electron chi connectivity index (χ0n) is 14.7. The van der Waals surface area contributed by atoms with E-state index in [4.69, 9.17) is 4.74 Å². The third-order valence-electron chi connectivity index (χ3n) is 4.78. The minimum atomic E-state index is 0.625. The molecule has 5 heteroatoms. The molecule has 2 heterocycles. The Kier molecular flexibility index (Phi) is 5.75. The van der Waals surface area contributed by atoms with Crippen LogP contribution in [0.2, 0.25) is 0 Å². The molecular formula is C19H28N4O. The first-order valence-corrected chi connectivity index (χ1v) is 8.81. The lowest BCUT2D eigenvalue weighted by Gasteiger charge is -2.21. The second-order valence-electron chi connectivity index (χ2n) is 6.49. The first-order chi connectivity index (χ1) is 11.8. The average molecular weight is 328 g/mol. The Morgan fingerprint density at radius 1 is 1.42 bits per heavy atom. The van der Waals surface area contributed by atoms with Crippen molar-refractivity contribution in [1.82, 2.24) is 15.2 Å². The number of aromatic nitrogens is 1. The molecule has 2 aromatic rings. The number of fused-ring (bicyclic) bond motifs is 1. The van der Waals surface area contributed by atoms with Crippen LogP contribution in [-0.4, -0.2) is 56.2 Å². The first-order valence-electron chi connectivity index (χ1n) is 8.81. The molecule has 0 aliphatic carbocycles. The molecule has 0 radical (unpaired) electrons. The molecule has 0 saturated carbocycles. The van der Waals surface area contributed by atoms with Crippen LogP contribution >= 0.6 is 0 Å². The first kappa shape index (κ1) is 16.8. The predicted molar refractivity (Wildman–Crippen MR) is 99.5 cm³/mol. The summed E-state index contributed by atoms with van der Waals surface area (Å²) in [7, 11) is 3.64. The summed E-state index contributed by atoms with van der Waals surface area (Å²) in [6, 6.07) is 8.49. The fraction of sp³-hybridized carbons (Fsp3) is 0.526. The number of nitrogens with zero attached hydrogens (tertiary/aromatic N) is 2. The number of methoxy groups -OCH3 is 1. The van der Waals surface area contributed by atoms with Gasteiger partial charge in [0.25, 0.3) is 0 Å². The summed E-state index contributed by atoms with van der Waals surface area (Å²) < 4.78 is 5.27. The predicted octanol–water partition coefficient (Wildman–Crippen LogP) is 2.64. The van der Waals surface area contributed by atoms with Crippen molar-refractivity contribution in [2.45, 2.75) is 19.3 Å². The molecule has 1 aromatic carbocycles. The van der Waals surface area contributed by atoms with Gasteiger partial charge in [0.15, 0.2) is 5.96 Å². The van der Waals surface area contributed by atoms with Crippen molar-refractivity contribution in [3.05, 3.63) is 36.0 Å².